The van der Waals surface area contributed by atoms with Crippen LogP contribution in [-0.4, -0.2) is 42.2 Å². The summed E-state index contributed by atoms with van der Waals surface area (Å²) in [6.07, 6.45) is 1.26. The average molecular weight is 525 g/mol. The van der Waals surface area contributed by atoms with Crippen LogP contribution >= 0.6 is 23.4 Å². The highest BCUT2D eigenvalue weighted by Gasteiger charge is 2.30. The molecular formula is C29H33ClN2O3S. The number of nitrogens with zero attached hydrogens (tertiary/aromatic N) is 1. The molecule has 0 aliphatic carbocycles. The van der Waals surface area contributed by atoms with Crippen LogP contribution in [0, 0.1) is 0 Å². The van der Waals surface area contributed by atoms with Gasteiger partial charge in [-0.3, -0.25) is 9.59 Å². The summed E-state index contributed by atoms with van der Waals surface area (Å²) < 4.78 is 5.38. The molecule has 3 aromatic carbocycles. The zero-order valence-electron chi connectivity index (χ0n) is 20.8. The number of nitrogens with one attached hydrogen (secondary N) is 1. The summed E-state index contributed by atoms with van der Waals surface area (Å²) in [6.45, 7) is 2.89. The monoisotopic (exact) mass is 524 g/mol. The van der Waals surface area contributed by atoms with Crippen molar-refractivity contribution in [1.29, 1.82) is 0 Å². The van der Waals surface area contributed by atoms with Crippen molar-refractivity contribution in [3.05, 3.63) is 101 Å². The lowest BCUT2D eigenvalue weighted by Crippen LogP contribution is -2.51. The molecule has 0 radical (unpaired) electrons. The van der Waals surface area contributed by atoms with Crippen LogP contribution < -0.4 is 10.1 Å². The van der Waals surface area contributed by atoms with Gasteiger partial charge in [-0.2, -0.15) is 0 Å². The molecule has 7 heteroatoms. The third kappa shape index (κ3) is 8.61. The van der Waals surface area contributed by atoms with Gasteiger partial charge in [-0.1, -0.05) is 73.1 Å². The maximum atomic E-state index is 13.6. The molecule has 1 N–H and O–H groups in total. The first-order valence-corrected chi connectivity index (χ1v) is 13.6. The van der Waals surface area contributed by atoms with E-state index in [-0.39, 0.29) is 17.6 Å². The first-order chi connectivity index (χ1) is 17.5. The van der Waals surface area contributed by atoms with E-state index in [1.165, 1.54) is 11.8 Å². The van der Waals surface area contributed by atoms with Crippen LogP contribution in [-0.2, 0) is 28.3 Å². The standard InChI is InChI=1S/C29H33ClN2O3S/c1-3-16-31-29(34)27(18-22-8-5-4-6-9-22)32(19-24-10-7-11-26(17-24)35-2)28(33)21-36-20-23-12-14-25(30)15-13-23/h4-15,17,27H,3,16,18-21H2,1-2H3,(H,31,34)/t27-/m0/s1. The van der Waals surface area contributed by atoms with Crippen molar-refractivity contribution in [1.82, 2.24) is 10.2 Å². The largest absolute Gasteiger partial charge is 0.497 e. The van der Waals surface area contributed by atoms with Gasteiger partial charge in [0.2, 0.25) is 11.8 Å². The molecule has 5 nitrogen and oxygen atoms in total. The second-order valence-corrected chi connectivity index (χ2v) is 9.91. The first-order valence-electron chi connectivity index (χ1n) is 12.1. The van der Waals surface area contributed by atoms with Crippen LogP contribution in [0.1, 0.15) is 30.0 Å². The van der Waals surface area contributed by atoms with Crippen LogP contribution in [0.15, 0.2) is 78.9 Å². The fraction of sp³-hybridized carbons (Fsp3) is 0.310. The van der Waals surface area contributed by atoms with Crippen molar-refractivity contribution in [2.24, 2.45) is 0 Å². The minimum atomic E-state index is -0.631. The topological polar surface area (TPSA) is 58.6 Å². The Labute approximate surface area is 223 Å². The van der Waals surface area contributed by atoms with Crippen LogP contribution in [0.5, 0.6) is 5.75 Å². The highest BCUT2D eigenvalue weighted by molar-refractivity contribution is 7.99. The summed E-state index contributed by atoms with van der Waals surface area (Å²) >= 11 is 7.52. The summed E-state index contributed by atoms with van der Waals surface area (Å²) in [4.78, 5) is 28.7. The third-order valence-corrected chi connectivity index (χ3v) is 6.96. The molecule has 0 spiro atoms. The smallest absolute Gasteiger partial charge is 0.243 e. The van der Waals surface area contributed by atoms with Gasteiger partial charge in [-0.15, -0.1) is 11.8 Å². The Kier molecular flexibility index (Phi) is 11.2. The van der Waals surface area contributed by atoms with Gasteiger partial charge in [-0.25, -0.2) is 0 Å². The van der Waals surface area contributed by atoms with E-state index in [9.17, 15) is 9.59 Å². The lowest BCUT2D eigenvalue weighted by atomic mass is 10.0. The molecule has 0 fully saturated rings. The Morgan fingerprint density at radius 2 is 1.69 bits per heavy atom. The lowest BCUT2D eigenvalue weighted by molar-refractivity contribution is -0.139. The van der Waals surface area contributed by atoms with Crippen molar-refractivity contribution in [3.8, 4) is 5.75 Å². The molecule has 190 valence electrons. The van der Waals surface area contributed by atoms with Gasteiger partial charge < -0.3 is 15.0 Å². The van der Waals surface area contributed by atoms with E-state index in [1.807, 2.05) is 85.8 Å². The van der Waals surface area contributed by atoms with Crippen LogP contribution in [0.3, 0.4) is 0 Å². The predicted molar refractivity (Wildman–Crippen MR) is 148 cm³/mol. The Morgan fingerprint density at radius 1 is 0.972 bits per heavy atom. The molecule has 36 heavy (non-hydrogen) atoms. The van der Waals surface area contributed by atoms with Crippen molar-refractivity contribution < 1.29 is 14.3 Å². The number of benzene rings is 3. The molecule has 0 aromatic heterocycles. The zero-order valence-corrected chi connectivity index (χ0v) is 22.4. The Balaban J connectivity index is 1.84. The van der Waals surface area contributed by atoms with E-state index < -0.39 is 6.04 Å². The number of rotatable bonds is 13. The van der Waals surface area contributed by atoms with Crippen molar-refractivity contribution in [2.45, 2.75) is 38.1 Å². The number of halogens is 1. The molecule has 0 saturated heterocycles. The number of amides is 2. The molecule has 0 bridgehead atoms. The quantitative estimate of drug-likeness (QED) is 0.309. The zero-order chi connectivity index (χ0) is 25.8. The molecule has 0 aliphatic heterocycles. The van der Waals surface area contributed by atoms with Crippen molar-refractivity contribution in [3.63, 3.8) is 0 Å². The van der Waals surface area contributed by atoms with Gasteiger partial charge in [0.05, 0.1) is 12.9 Å². The van der Waals surface area contributed by atoms with Crippen molar-refractivity contribution >= 4 is 35.2 Å². The minimum absolute atomic E-state index is 0.0793. The molecule has 1 atom stereocenters. The van der Waals surface area contributed by atoms with Crippen molar-refractivity contribution in [2.75, 3.05) is 19.4 Å². The number of carbonyl (C=O) groups excluding carboxylic acids is 2. The van der Waals surface area contributed by atoms with Crippen LogP contribution in [0.25, 0.3) is 0 Å². The maximum Gasteiger partial charge on any atom is 0.243 e. The number of hydrogen-bond donors (Lipinski definition) is 1. The van der Waals surface area contributed by atoms with Crippen LogP contribution in [0.4, 0.5) is 0 Å². The van der Waals surface area contributed by atoms with E-state index >= 15 is 0 Å². The van der Waals surface area contributed by atoms with Gasteiger partial charge in [0.15, 0.2) is 0 Å². The van der Waals surface area contributed by atoms with Gasteiger partial charge in [-0.05, 0) is 47.4 Å². The van der Waals surface area contributed by atoms with Gasteiger partial charge >= 0.3 is 0 Å². The first kappa shape index (κ1) is 27.6. The summed E-state index contributed by atoms with van der Waals surface area (Å²) in [5.41, 5.74) is 3.01. The predicted octanol–water partition coefficient (Wildman–Crippen LogP) is 5.75. The molecular weight excluding hydrogens is 492 g/mol. The highest BCUT2D eigenvalue weighted by Crippen LogP contribution is 2.21. The van der Waals surface area contributed by atoms with E-state index in [4.69, 9.17) is 16.3 Å². The number of carbonyl (C=O) groups is 2. The summed E-state index contributed by atoms with van der Waals surface area (Å²) in [5, 5.41) is 3.69. The maximum absolute atomic E-state index is 13.6. The van der Waals surface area contributed by atoms with E-state index in [2.05, 4.69) is 5.32 Å². The van der Waals surface area contributed by atoms with Crippen LogP contribution in [0.2, 0.25) is 5.02 Å². The molecule has 0 unspecified atom stereocenters. The average Bonchev–Trinajstić information content (AvgIpc) is 2.91. The highest BCUT2D eigenvalue weighted by atomic mass is 35.5. The minimum Gasteiger partial charge on any atom is -0.497 e. The molecule has 0 heterocycles. The van der Waals surface area contributed by atoms with E-state index in [0.717, 1.165) is 23.1 Å². The number of hydrogen-bond acceptors (Lipinski definition) is 4. The summed E-state index contributed by atoms with van der Waals surface area (Å²) in [7, 11) is 1.62. The third-order valence-electron chi connectivity index (χ3n) is 5.71. The molecule has 0 aliphatic rings. The summed E-state index contributed by atoms with van der Waals surface area (Å²) in [5.74, 6) is 1.44. The van der Waals surface area contributed by atoms with Gasteiger partial charge in [0.25, 0.3) is 0 Å². The van der Waals surface area contributed by atoms with E-state index in [0.29, 0.717) is 36.0 Å². The number of thioether (sulfide) groups is 1. The normalized spacial score (nSPS) is 11.5. The van der Waals surface area contributed by atoms with Gasteiger partial charge in [0.1, 0.15) is 11.8 Å². The number of methoxy groups -OCH3 is 1. The summed E-state index contributed by atoms with van der Waals surface area (Å²) in [6, 6.07) is 24.4. The SMILES string of the molecule is CCCNC(=O)[C@H](Cc1ccccc1)N(Cc1cccc(OC)c1)C(=O)CSCc1ccc(Cl)cc1. The fourth-order valence-corrected chi connectivity index (χ4v) is 4.80. The second kappa shape index (κ2) is 14.6. The second-order valence-electron chi connectivity index (χ2n) is 8.49. The Bertz CT molecular complexity index is 1110. The van der Waals surface area contributed by atoms with E-state index in [1.54, 1.807) is 12.0 Å². The Hall–Kier alpha value is -2.96. The number of ether oxygens (including phenoxy) is 1. The Morgan fingerprint density at radius 3 is 2.39 bits per heavy atom. The molecule has 3 rings (SSSR count). The lowest BCUT2D eigenvalue weighted by Gasteiger charge is -2.31. The molecule has 2 amide bonds. The fourth-order valence-electron chi connectivity index (χ4n) is 3.81. The molecule has 0 saturated carbocycles. The molecule has 3 aromatic rings. The van der Waals surface area contributed by atoms with Gasteiger partial charge in [0, 0.05) is 30.3 Å².